The third kappa shape index (κ3) is 4.55. The summed E-state index contributed by atoms with van der Waals surface area (Å²) in [4.78, 5) is 2.62. The van der Waals surface area contributed by atoms with Crippen LogP contribution in [0.1, 0.15) is 58.8 Å². The molecule has 1 saturated carbocycles. The van der Waals surface area contributed by atoms with Crippen molar-refractivity contribution in [1.82, 2.24) is 10.2 Å². The van der Waals surface area contributed by atoms with Crippen LogP contribution in [0.4, 0.5) is 0 Å². The number of rotatable bonds is 6. The van der Waals surface area contributed by atoms with Gasteiger partial charge in [-0.15, -0.1) is 0 Å². The fourth-order valence-electron chi connectivity index (χ4n) is 3.61. The molecule has 0 aromatic rings. The van der Waals surface area contributed by atoms with Crippen molar-refractivity contribution >= 4 is 0 Å². The van der Waals surface area contributed by atoms with E-state index < -0.39 is 0 Å². The van der Waals surface area contributed by atoms with Gasteiger partial charge in [0.05, 0.1) is 0 Å². The zero-order chi connectivity index (χ0) is 12.8. The summed E-state index contributed by atoms with van der Waals surface area (Å²) in [6, 6.07) is 0.818. The molecule has 18 heavy (non-hydrogen) atoms. The van der Waals surface area contributed by atoms with Gasteiger partial charge in [-0.2, -0.15) is 0 Å². The maximum atomic E-state index is 3.78. The van der Waals surface area contributed by atoms with Gasteiger partial charge in [-0.1, -0.05) is 13.8 Å². The molecule has 2 rings (SSSR count). The first-order valence-electron chi connectivity index (χ1n) is 8.21. The predicted octanol–water partition coefficient (Wildman–Crippen LogP) is 3.28. The highest BCUT2D eigenvalue weighted by atomic mass is 15.1. The predicted molar refractivity (Wildman–Crippen MR) is 78.9 cm³/mol. The molecule has 2 fully saturated rings. The molecule has 2 heteroatoms. The van der Waals surface area contributed by atoms with Crippen LogP contribution in [0.5, 0.6) is 0 Å². The van der Waals surface area contributed by atoms with E-state index in [4.69, 9.17) is 0 Å². The summed E-state index contributed by atoms with van der Waals surface area (Å²) in [5, 5.41) is 3.78. The topological polar surface area (TPSA) is 15.3 Å². The molecule has 0 radical (unpaired) electrons. The maximum absolute atomic E-state index is 3.78. The fraction of sp³-hybridized carbons (Fsp3) is 1.00. The zero-order valence-corrected chi connectivity index (χ0v) is 12.5. The summed E-state index contributed by atoms with van der Waals surface area (Å²) in [7, 11) is 0. The lowest BCUT2D eigenvalue weighted by Crippen LogP contribution is -2.35. The maximum Gasteiger partial charge on any atom is 0.00672 e. The summed E-state index contributed by atoms with van der Waals surface area (Å²) in [6.45, 7) is 10.0. The largest absolute Gasteiger partial charge is 0.314 e. The number of hydrogen-bond donors (Lipinski definition) is 1. The minimum absolute atomic E-state index is 0.818. The second kappa shape index (κ2) is 7.49. The fourth-order valence-corrected chi connectivity index (χ4v) is 3.61. The van der Waals surface area contributed by atoms with Crippen molar-refractivity contribution in [2.24, 2.45) is 11.8 Å². The first-order chi connectivity index (χ1) is 8.75. The highest BCUT2D eigenvalue weighted by Gasteiger charge is 2.22. The van der Waals surface area contributed by atoms with E-state index in [2.05, 4.69) is 24.1 Å². The zero-order valence-electron chi connectivity index (χ0n) is 12.5. The van der Waals surface area contributed by atoms with E-state index >= 15 is 0 Å². The van der Waals surface area contributed by atoms with E-state index in [1.807, 2.05) is 0 Å². The highest BCUT2D eigenvalue weighted by molar-refractivity contribution is 4.78. The molecule has 0 spiro atoms. The molecule has 0 bridgehead atoms. The lowest BCUT2D eigenvalue weighted by Gasteiger charge is -2.31. The summed E-state index contributed by atoms with van der Waals surface area (Å²) < 4.78 is 0. The van der Waals surface area contributed by atoms with Crippen LogP contribution in [0.3, 0.4) is 0 Å². The van der Waals surface area contributed by atoms with E-state index in [0.717, 1.165) is 17.9 Å². The third-order valence-electron chi connectivity index (χ3n) is 5.00. The number of nitrogens with zero attached hydrogens (tertiary/aromatic N) is 1. The van der Waals surface area contributed by atoms with Crippen LogP contribution < -0.4 is 5.32 Å². The summed E-state index contributed by atoms with van der Waals surface area (Å²) in [6.07, 6.45) is 9.89. The molecule has 0 unspecified atom stereocenters. The van der Waals surface area contributed by atoms with Crippen LogP contribution in [-0.2, 0) is 0 Å². The standard InChI is InChI=1S/C16H32N2/c1-14(2)15-6-8-16(9-7-15)17-10-5-13-18-11-3-4-12-18/h14-17H,3-13H2,1-2H3. The van der Waals surface area contributed by atoms with Crippen molar-refractivity contribution in [1.29, 1.82) is 0 Å². The van der Waals surface area contributed by atoms with E-state index in [-0.39, 0.29) is 0 Å². The lowest BCUT2D eigenvalue weighted by molar-refractivity contribution is 0.236. The summed E-state index contributed by atoms with van der Waals surface area (Å²) >= 11 is 0. The molecule has 2 aliphatic rings. The minimum Gasteiger partial charge on any atom is -0.314 e. The van der Waals surface area contributed by atoms with Gasteiger partial charge in [0, 0.05) is 6.04 Å². The molecule has 0 aromatic carbocycles. The van der Waals surface area contributed by atoms with Crippen molar-refractivity contribution in [3.8, 4) is 0 Å². The third-order valence-corrected chi connectivity index (χ3v) is 5.00. The Morgan fingerprint density at radius 2 is 1.72 bits per heavy atom. The van der Waals surface area contributed by atoms with Gasteiger partial charge in [-0.3, -0.25) is 0 Å². The quantitative estimate of drug-likeness (QED) is 0.730. The van der Waals surface area contributed by atoms with Gasteiger partial charge in [-0.05, 0) is 83.0 Å². The van der Waals surface area contributed by atoms with Crippen LogP contribution in [0.25, 0.3) is 0 Å². The SMILES string of the molecule is CC(C)C1CCC(NCCCN2CCCC2)CC1. The number of hydrogen-bond acceptors (Lipinski definition) is 2. The van der Waals surface area contributed by atoms with Crippen LogP contribution in [0.2, 0.25) is 0 Å². The molecule has 2 nitrogen and oxygen atoms in total. The molecule has 0 amide bonds. The Balaban J connectivity index is 1.50. The van der Waals surface area contributed by atoms with Gasteiger partial charge >= 0.3 is 0 Å². The lowest BCUT2D eigenvalue weighted by atomic mass is 9.80. The van der Waals surface area contributed by atoms with Gasteiger partial charge in [0.2, 0.25) is 0 Å². The monoisotopic (exact) mass is 252 g/mol. The van der Waals surface area contributed by atoms with Gasteiger partial charge in [-0.25, -0.2) is 0 Å². The van der Waals surface area contributed by atoms with Crippen molar-refractivity contribution in [2.45, 2.75) is 64.8 Å². The second-order valence-electron chi connectivity index (χ2n) is 6.71. The van der Waals surface area contributed by atoms with E-state index in [0.29, 0.717) is 0 Å². The Morgan fingerprint density at radius 1 is 1.06 bits per heavy atom. The molecular weight excluding hydrogens is 220 g/mol. The van der Waals surface area contributed by atoms with Gasteiger partial charge in [0.25, 0.3) is 0 Å². The molecular formula is C16H32N2. The molecule has 0 atom stereocenters. The van der Waals surface area contributed by atoms with Gasteiger partial charge in [0.1, 0.15) is 0 Å². The summed E-state index contributed by atoms with van der Waals surface area (Å²) in [5.74, 6) is 1.88. The number of likely N-dealkylation sites (tertiary alicyclic amines) is 1. The van der Waals surface area contributed by atoms with Crippen LogP contribution >= 0.6 is 0 Å². The number of nitrogens with one attached hydrogen (secondary N) is 1. The van der Waals surface area contributed by atoms with Gasteiger partial charge in [0.15, 0.2) is 0 Å². The first-order valence-corrected chi connectivity index (χ1v) is 8.21. The smallest absolute Gasteiger partial charge is 0.00672 e. The van der Waals surface area contributed by atoms with Crippen molar-refractivity contribution in [3.05, 3.63) is 0 Å². The summed E-state index contributed by atoms with van der Waals surface area (Å²) in [5.41, 5.74) is 0. The highest BCUT2D eigenvalue weighted by Crippen LogP contribution is 2.29. The van der Waals surface area contributed by atoms with Crippen LogP contribution in [0.15, 0.2) is 0 Å². The van der Waals surface area contributed by atoms with E-state index in [9.17, 15) is 0 Å². The van der Waals surface area contributed by atoms with Crippen molar-refractivity contribution in [2.75, 3.05) is 26.2 Å². The van der Waals surface area contributed by atoms with E-state index in [1.54, 1.807) is 0 Å². The van der Waals surface area contributed by atoms with Crippen LogP contribution in [-0.4, -0.2) is 37.1 Å². The van der Waals surface area contributed by atoms with Gasteiger partial charge < -0.3 is 10.2 Å². The Hall–Kier alpha value is -0.0800. The molecule has 1 N–H and O–H groups in total. The van der Waals surface area contributed by atoms with E-state index in [1.165, 1.54) is 71.1 Å². The Kier molecular flexibility index (Phi) is 5.97. The average molecular weight is 252 g/mol. The Morgan fingerprint density at radius 3 is 2.33 bits per heavy atom. The van der Waals surface area contributed by atoms with Crippen LogP contribution in [0, 0.1) is 11.8 Å². The van der Waals surface area contributed by atoms with Crippen molar-refractivity contribution in [3.63, 3.8) is 0 Å². The second-order valence-corrected chi connectivity index (χ2v) is 6.71. The van der Waals surface area contributed by atoms with Crippen molar-refractivity contribution < 1.29 is 0 Å². The molecule has 106 valence electrons. The Labute approximate surface area is 114 Å². The molecule has 1 saturated heterocycles. The minimum atomic E-state index is 0.818. The molecule has 1 aliphatic heterocycles. The molecule has 1 heterocycles. The molecule has 1 aliphatic carbocycles. The Bertz CT molecular complexity index is 213. The normalized spacial score (nSPS) is 30.2. The molecule has 0 aromatic heterocycles. The first kappa shape index (κ1) is 14.3. The average Bonchev–Trinajstić information content (AvgIpc) is 2.88.